The molecular formula is C10H10N2. The first-order valence-corrected chi connectivity index (χ1v) is 4.03. The van der Waals surface area contributed by atoms with Crippen LogP contribution in [-0.4, -0.2) is 0 Å². The molecule has 0 aromatic rings. The van der Waals surface area contributed by atoms with Crippen molar-refractivity contribution in [2.75, 3.05) is 0 Å². The van der Waals surface area contributed by atoms with Crippen molar-refractivity contribution >= 4 is 0 Å². The molecule has 1 rings (SSSR count). The highest BCUT2D eigenvalue weighted by atomic mass is 14.7. The second kappa shape index (κ2) is 4.36. The van der Waals surface area contributed by atoms with Crippen LogP contribution in [0.5, 0.6) is 0 Å². The van der Waals surface area contributed by atoms with E-state index >= 15 is 0 Å². The van der Waals surface area contributed by atoms with Crippen LogP contribution < -0.4 is 0 Å². The molecule has 12 heavy (non-hydrogen) atoms. The number of hydrogen-bond donors (Lipinski definition) is 0. The molecule has 0 fully saturated rings. The predicted molar refractivity (Wildman–Crippen MR) is 46.8 cm³/mol. The lowest BCUT2D eigenvalue weighted by Gasteiger charge is -2.00. The zero-order chi connectivity index (χ0) is 8.81. The summed E-state index contributed by atoms with van der Waals surface area (Å²) in [7, 11) is 0. The molecule has 0 aliphatic heterocycles. The molecule has 0 N–H and O–H groups in total. The lowest BCUT2D eigenvalue weighted by molar-refractivity contribution is 0.890. The Balaban J connectivity index is 2.82. The van der Waals surface area contributed by atoms with E-state index in [2.05, 4.69) is 17.0 Å². The van der Waals surface area contributed by atoms with E-state index < -0.39 is 0 Å². The first kappa shape index (κ1) is 8.56. The Kier molecular flexibility index (Phi) is 3.11. The van der Waals surface area contributed by atoms with Crippen molar-refractivity contribution in [2.45, 2.75) is 25.7 Å². The molecule has 60 valence electrons. The van der Waals surface area contributed by atoms with Gasteiger partial charge in [-0.25, -0.2) is 10.1 Å². The smallest absolute Gasteiger partial charge is 0.227 e. The second-order valence-corrected chi connectivity index (χ2v) is 2.72. The van der Waals surface area contributed by atoms with Crippen molar-refractivity contribution in [3.63, 3.8) is 0 Å². The fourth-order valence-electron chi connectivity index (χ4n) is 1.30. The fourth-order valence-corrected chi connectivity index (χ4v) is 1.30. The maximum absolute atomic E-state index is 8.63. The van der Waals surface area contributed by atoms with Crippen LogP contribution in [0.1, 0.15) is 25.7 Å². The Morgan fingerprint density at radius 3 is 2.42 bits per heavy atom. The molecule has 0 aromatic heterocycles. The van der Waals surface area contributed by atoms with Crippen molar-refractivity contribution in [3.8, 4) is 6.07 Å². The van der Waals surface area contributed by atoms with E-state index in [0.29, 0.717) is 5.70 Å². The van der Waals surface area contributed by atoms with E-state index in [1.807, 2.05) is 6.07 Å². The zero-order valence-corrected chi connectivity index (χ0v) is 6.88. The van der Waals surface area contributed by atoms with Crippen molar-refractivity contribution in [3.05, 3.63) is 34.8 Å². The summed E-state index contributed by atoms with van der Waals surface area (Å²) >= 11 is 0. The Morgan fingerprint density at radius 2 is 2.00 bits per heavy atom. The van der Waals surface area contributed by atoms with E-state index in [-0.39, 0.29) is 0 Å². The summed E-state index contributed by atoms with van der Waals surface area (Å²) in [5.41, 5.74) is 1.33. The second-order valence-electron chi connectivity index (χ2n) is 2.72. The molecule has 0 atom stereocenters. The Bertz CT molecular complexity index is 269. The van der Waals surface area contributed by atoms with Gasteiger partial charge in [0.1, 0.15) is 0 Å². The van der Waals surface area contributed by atoms with E-state index in [0.717, 1.165) is 31.3 Å². The number of allylic oxidation sites excluding steroid dienone is 4. The third-order valence-corrected chi connectivity index (χ3v) is 1.94. The molecule has 1 aliphatic carbocycles. The molecule has 1 aliphatic rings. The number of nitriles is 1. The summed E-state index contributed by atoms with van der Waals surface area (Å²) in [5.74, 6) is 0. The van der Waals surface area contributed by atoms with Gasteiger partial charge in [-0.3, -0.25) is 0 Å². The van der Waals surface area contributed by atoms with Gasteiger partial charge in [0.2, 0.25) is 0 Å². The first-order chi connectivity index (χ1) is 5.88. The van der Waals surface area contributed by atoms with E-state index in [4.69, 9.17) is 11.8 Å². The van der Waals surface area contributed by atoms with E-state index in [1.165, 1.54) is 0 Å². The topological polar surface area (TPSA) is 28.1 Å². The molecule has 2 heteroatoms. The van der Waals surface area contributed by atoms with Crippen molar-refractivity contribution in [1.82, 2.24) is 0 Å². The molecule has 0 unspecified atom stereocenters. The molecule has 0 heterocycles. The minimum Gasteiger partial charge on any atom is -0.227 e. The summed E-state index contributed by atoms with van der Waals surface area (Å²) < 4.78 is 0. The van der Waals surface area contributed by atoms with Crippen LogP contribution in [-0.2, 0) is 0 Å². The van der Waals surface area contributed by atoms with Gasteiger partial charge in [0, 0.05) is 0 Å². The van der Waals surface area contributed by atoms with Crippen LogP contribution >= 0.6 is 0 Å². The van der Waals surface area contributed by atoms with Gasteiger partial charge >= 0.3 is 0 Å². The van der Waals surface area contributed by atoms with Gasteiger partial charge in [0.25, 0.3) is 5.70 Å². The van der Waals surface area contributed by atoms with Gasteiger partial charge in [-0.2, -0.15) is 0 Å². The lowest BCUT2D eigenvalue weighted by Crippen LogP contribution is -1.85. The van der Waals surface area contributed by atoms with E-state index in [9.17, 15) is 0 Å². The molecule has 0 radical (unpaired) electrons. The van der Waals surface area contributed by atoms with Gasteiger partial charge in [-0.1, -0.05) is 17.7 Å². The molecule has 0 bridgehead atoms. The third-order valence-electron chi connectivity index (χ3n) is 1.94. The number of rotatable bonds is 0. The summed E-state index contributed by atoms with van der Waals surface area (Å²) in [6, 6.07) is 1.95. The van der Waals surface area contributed by atoms with Gasteiger partial charge in [-0.05, 0) is 25.7 Å². The quantitative estimate of drug-likeness (QED) is 0.302. The molecule has 0 amide bonds. The van der Waals surface area contributed by atoms with Crippen LogP contribution in [0.3, 0.4) is 0 Å². The normalized spacial score (nSPS) is 16.0. The standard InChI is InChI=1S/C10H10N2/c1-12-10(8-11)9-6-4-2-3-5-7-9/h2-3H,4-7H2. The molecule has 0 aromatic carbocycles. The summed E-state index contributed by atoms with van der Waals surface area (Å²) in [6.45, 7) is 6.79. The maximum atomic E-state index is 8.63. The summed E-state index contributed by atoms with van der Waals surface area (Å²) in [4.78, 5) is 3.21. The highest BCUT2D eigenvalue weighted by molar-refractivity contribution is 5.34. The van der Waals surface area contributed by atoms with Crippen molar-refractivity contribution < 1.29 is 0 Å². The van der Waals surface area contributed by atoms with Crippen LogP contribution in [0.2, 0.25) is 0 Å². The third kappa shape index (κ3) is 1.97. The van der Waals surface area contributed by atoms with E-state index in [1.54, 1.807) is 0 Å². The summed E-state index contributed by atoms with van der Waals surface area (Å²) in [6.07, 6.45) is 7.92. The highest BCUT2D eigenvalue weighted by Crippen LogP contribution is 2.21. The van der Waals surface area contributed by atoms with Gasteiger partial charge in [-0.15, -0.1) is 0 Å². The van der Waals surface area contributed by atoms with Crippen LogP contribution in [0.4, 0.5) is 0 Å². The molecule has 2 nitrogen and oxygen atoms in total. The molecule has 0 saturated heterocycles. The van der Waals surface area contributed by atoms with Crippen molar-refractivity contribution in [1.29, 1.82) is 5.26 Å². The summed E-state index contributed by atoms with van der Waals surface area (Å²) in [5, 5.41) is 8.63. The predicted octanol–water partition coefficient (Wildman–Crippen LogP) is 2.81. The highest BCUT2D eigenvalue weighted by Gasteiger charge is 2.06. The van der Waals surface area contributed by atoms with Gasteiger partial charge in [0.05, 0.1) is 12.6 Å². The average molecular weight is 158 g/mol. The Hall–Kier alpha value is -1.54. The number of nitrogens with zero attached hydrogens (tertiary/aromatic N) is 2. The Morgan fingerprint density at radius 1 is 1.42 bits per heavy atom. The average Bonchev–Trinajstić information content (AvgIpc) is 2.35. The van der Waals surface area contributed by atoms with Crippen molar-refractivity contribution in [2.24, 2.45) is 0 Å². The Labute approximate surface area is 72.6 Å². The monoisotopic (exact) mass is 158 g/mol. The molecule has 0 spiro atoms. The maximum Gasteiger partial charge on any atom is 0.261 e. The van der Waals surface area contributed by atoms with Crippen LogP contribution in [0, 0.1) is 17.9 Å². The fraction of sp³-hybridized carbons (Fsp3) is 0.400. The van der Waals surface area contributed by atoms with Gasteiger partial charge in [0.15, 0.2) is 0 Å². The minimum absolute atomic E-state index is 0.304. The SMILES string of the molecule is [C-]#[N+]C(C#N)=C1CCC=CCC1. The molecule has 0 saturated carbocycles. The minimum atomic E-state index is 0.304. The number of hydrogen-bond acceptors (Lipinski definition) is 1. The zero-order valence-electron chi connectivity index (χ0n) is 6.88. The molecular weight excluding hydrogens is 148 g/mol. The first-order valence-electron chi connectivity index (χ1n) is 4.03. The largest absolute Gasteiger partial charge is 0.261 e. The van der Waals surface area contributed by atoms with Crippen LogP contribution in [0.25, 0.3) is 4.85 Å². The lowest BCUT2D eigenvalue weighted by atomic mass is 10.1. The van der Waals surface area contributed by atoms with Gasteiger partial charge < -0.3 is 0 Å². The van der Waals surface area contributed by atoms with Crippen LogP contribution in [0.15, 0.2) is 23.4 Å².